The van der Waals surface area contributed by atoms with Crippen LogP contribution < -0.4 is 0 Å². The maximum absolute atomic E-state index is 2.46. The van der Waals surface area contributed by atoms with Crippen LogP contribution in [0.1, 0.15) is 109 Å². The molecule has 2 atom stereocenters. The molecule has 0 saturated carbocycles. The number of hydrogen-bond donors (Lipinski definition) is 0. The number of rotatable bonds is 15. The van der Waals surface area contributed by atoms with E-state index < -0.39 is 0 Å². The van der Waals surface area contributed by atoms with E-state index in [4.69, 9.17) is 0 Å². The summed E-state index contributed by atoms with van der Waals surface area (Å²) in [5.74, 6) is 1.15. The molecular weight excluding hydrogens is 540 g/mol. The highest BCUT2D eigenvalue weighted by Gasteiger charge is 2.38. The van der Waals surface area contributed by atoms with E-state index in [1.165, 1.54) is 51.0 Å². The summed E-state index contributed by atoms with van der Waals surface area (Å²) in [6.45, 7) is 26.7. The van der Waals surface area contributed by atoms with Gasteiger partial charge in [-0.05, 0) is 106 Å². The van der Waals surface area contributed by atoms with E-state index in [1.807, 2.05) is 0 Å². The van der Waals surface area contributed by atoms with Crippen LogP contribution in [0, 0.1) is 17.3 Å². The maximum atomic E-state index is 2.46. The van der Waals surface area contributed by atoms with Crippen molar-refractivity contribution < 1.29 is 0 Å². The molecule has 0 spiro atoms. The Morgan fingerprint density at radius 2 is 1.11 bits per heavy atom. The standard InChI is InChI=1S/C45H64/c1-35(2)19-15-22-39(7)25-17-27-40(8)26-16-23-37(5)20-13-14-21-38(6)24-18-28-41(9)30-34-44-42(10)31-33-43(45(44,11)12)32-29-36(3)4/h13-14,16-21,23-31,34,43-44H,15,22,32-33H2,1-12H3/b14-13+,23-16+,24-18+,27-17+,34-30+,37-20+,38-21+,39-25+,40-26+,41-28+/t43-,44-/m1/s1. The van der Waals surface area contributed by atoms with E-state index in [2.05, 4.69) is 192 Å². The second-order valence-corrected chi connectivity index (χ2v) is 14.0. The molecule has 0 N–H and O–H groups in total. The summed E-state index contributed by atoms with van der Waals surface area (Å²) in [5, 5.41) is 0. The Labute approximate surface area is 279 Å². The molecule has 0 unspecified atom stereocenters. The van der Waals surface area contributed by atoms with Crippen LogP contribution in [0.2, 0.25) is 0 Å². The van der Waals surface area contributed by atoms with E-state index in [1.54, 1.807) is 0 Å². The summed E-state index contributed by atoms with van der Waals surface area (Å²) < 4.78 is 0. The van der Waals surface area contributed by atoms with Gasteiger partial charge in [-0.1, -0.05) is 168 Å². The molecule has 0 aromatic heterocycles. The van der Waals surface area contributed by atoms with E-state index in [9.17, 15) is 0 Å². The van der Waals surface area contributed by atoms with Crippen LogP contribution in [0.5, 0.6) is 0 Å². The van der Waals surface area contributed by atoms with Gasteiger partial charge in [-0.2, -0.15) is 0 Å². The van der Waals surface area contributed by atoms with E-state index in [-0.39, 0.29) is 5.41 Å². The molecule has 244 valence electrons. The third-order valence-corrected chi connectivity index (χ3v) is 8.53. The van der Waals surface area contributed by atoms with Crippen LogP contribution in [-0.4, -0.2) is 0 Å². The average molecular weight is 605 g/mol. The molecule has 0 bridgehead atoms. The Bertz CT molecular complexity index is 1330. The SMILES string of the molecule is CC(C)=CCC/C(C)=C/C=C/C(C)=C/C=C/C(C)=C/C=C/C=C(C)/C=C/C=C(C)/C=C/[C@@H]1C(C)=CC[C@@H](CC=C(C)C)C1(C)C. The van der Waals surface area contributed by atoms with Crippen molar-refractivity contribution in [1.82, 2.24) is 0 Å². The summed E-state index contributed by atoms with van der Waals surface area (Å²) in [4.78, 5) is 0. The van der Waals surface area contributed by atoms with Gasteiger partial charge in [0.2, 0.25) is 0 Å². The van der Waals surface area contributed by atoms with Gasteiger partial charge in [0.25, 0.3) is 0 Å². The van der Waals surface area contributed by atoms with Gasteiger partial charge in [0.15, 0.2) is 0 Å². The summed E-state index contributed by atoms with van der Waals surface area (Å²) >= 11 is 0. The normalized spacial score (nSPS) is 20.7. The predicted molar refractivity (Wildman–Crippen MR) is 206 cm³/mol. The van der Waals surface area contributed by atoms with Gasteiger partial charge in [-0.3, -0.25) is 0 Å². The molecule has 0 nitrogen and oxygen atoms in total. The maximum Gasteiger partial charge on any atom is 0.00313 e. The minimum Gasteiger partial charge on any atom is -0.0856 e. The minimum atomic E-state index is 0.251. The van der Waals surface area contributed by atoms with Gasteiger partial charge in [0.05, 0.1) is 0 Å². The topological polar surface area (TPSA) is 0 Å². The molecule has 0 radical (unpaired) electrons. The van der Waals surface area contributed by atoms with Crippen molar-refractivity contribution in [2.24, 2.45) is 17.3 Å². The highest BCUT2D eigenvalue weighted by molar-refractivity contribution is 5.33. The lowest BCUT2D eigenvalue weighted by Gasteiger charge is -2.43. The summed E-state index contributed by atoms with van der Waals surface area (Å²) in [6, 6.07) is 0. The fourth-order valence-electron chi connectivity index (χ4n) is 5.40. The molecule has 45 heavy (non-hydrogen) atoms. The number of allylic oxidation sites excluding steroid dienone is 26. The van der Waals surface area contributed by atoms with Crippen LogP contribution in [0.3, 0.4) is 0 Å². The first-order valence-electron chi connectivity index (χ1n) is 16.9. The highest BCUT2D eigenvalue weighted by atomic mass is 14.4. The summed E-state index contributed by atoms with van der Waals surface area (Å²) in [5.41, 5.74) is 10.9. The fraction of sp³-hybridized carbons (Fsp3) is 0.422. The lowest BCUT2D eigenvalue weighted by molar-refractivity contribution is 0.154. The van der Waals surface area contributed by atoms with Crippen LogP contribution >= 0.6 is 0 Å². The molecular formula is C45H64. The smallest absolute Gasteiger partial charge is 0.00313 e. The van der Waals surface area contributed by atoms with Gasteiger partial charge in [-0.15, -0.1) is 0 Å². The lowest BCUT2D eigenvalue weighted by atomic mass is 9.61. The van der Waals surface area contributed by atoms with Crippen molar-refractivity contribution in [3.05, 3.63) is 154 Å². The Morgan fingerprint density at radius 1 is 0.644 bits per heavy atom. The Balaban J connectivity index is 2.66. The first-order valence-corrected chi connectivity index (χ1v) is 16.9. The molecule has 0 saturated heterocycles. The third kappa shape index (κ3) is 17.6. The van der Waals surface area contributed by atoms with Crippen LogP contribution in [-0.2, 0) is 0 Å². The van der Waals surface area contributed by atoms with Gasteiger partial charge in [0, 0.05) is 5.92 Å². The summed E-state index contributed by atoms with van der Waals surface area (Å²) in [6.07, 6.45) is 44.5. The van der Waals surface area contributed by atoms with Crippen molar-refractivity contribution in [3.8, 4) is 0 Å². The Hall–Kier alpha value is -3.38. The third-order valence-electron chi connectivity index (χ3n) is 8.53. The van der Waals surface area contributed by atoms with Gasteiger partial charge < -0.3 is 0 Å². The van der Waals surface area contributed by atoms with Crippen LogP contribution in [0.15, 0.2) is 154 Å². The Morgan fingerprint density at radius 3 is 1.62 bits per heavy atom. The van der Waals surface area contributed by atoms with E-state index in [0.29, 0.717) is 11.8 Å². The van der Waals surface area contributed by atoms with Crippen molar-refractivity contribution in [2.45, 2.75) is 109 Å². The van der Waals surface area contributed by atoms with Crippen molar-refractivity contribution >= 4 is 0 Å². The fourth-order valence-corrected chi connectivity index (χ4v) is 5.40. The predicted octanol–water partition coefficient (Wildman–Crippen LogP) is 14.2. The molecule has 0 heterocycles. The summed E-state index contributed by atoms with van der Waals surface area (Å²) in [7, 11) is 0. The zero-order valence-corrected chi connectivity index (χ0v) is 30.9. The molecule has 0 aliphatic heterocycles. The second-order valence-electron chi connectivity index (χ2n) is 14.0. The van der Waals surface area contributed by atoms with Crippen molar-refractivity contribution in [1.29, 1.82) is 0 Å². The zero-order chi connectivity index (χ0) is 33.8. The molecule has 0 fully saturated rings. The van der Waals surface area contributed by atoms with E-state index in [0.717, 1.165) is 19.3 Å². The molecule has 0 aromatic carbocycles. The monoisotopic (exact) mass is 605 g/mol. The molecule has 1 rings (SSSR count). The molecule has 1 aliphatic carbocycles. The first-order chi connectivity index (χ1) is 21.2. The molecule has 0 aromatic rings. The van der Waals surface area contributed by atoms with E-state index >= 15 is 0 Å². The van der Waals surface area contributed by atoms with Crippen LogP contribution in [0.25, 0.3) is 0 Å². The van der Waals surface area contributed by atoms with Crippen molar-refractivity contribution in [2.75, 3.05) is 0 Å². The van der Waals surface area contributed by atoms with Crippen LogP contribution in [0.4, 0.5) is 0 Å². The molecule has 0 heteroatoms. The highest BCUT2D eigenvalue weighted by Crippen LogP contribution is 2.47. The number of hydrogen-bond acceptors (Lipinski definition) is 0. The van der Waals surface area contributed by atoms with Gasteiger partial charge in [0.1, 0.15) is 0 Å². The Kier molecular flexibility index (Phi) is 18.8. The molecule has 0 amide bonds. The van der Waals surface area contributed by atoms with Gasteiger partial charge >= 0.3 is 0 Å². The minimum absolute atomic E-state index is 0.251. The van der Waals surface area contributed by atoms with Gasteiger partial charge in [-0.25, -0.2) is 0 Å². The molecule has 1 aliphatic rings. The quantitative estimate of drug-likeness (QED) is 0.129. The lowest BCUT2D eigenvalue weighted by Crippen LogP contribution is -2.35. The second kappa shape index (κ2) is 21.4. The average Bonchev–Trinajstić information content (AvgIpc) is 2.94. The largest absolute Gasteiger partial charge is 0.0856 e. The van der Waals surface area contributed by atoms with Crippen molar-refractivity contribution in [3.63, 3.8) is 0 Å². The zero-order valence-electron chi connectivity index (χ0n) is 30.9. The first kappa shape index (κ1) is 39.6.